The minimum absolute atomic E-state index is 0.0863. The SMILES string of the molecule is CCNC(=NCCS(=O)(=O)c1ccccc1)NC(C)CCS(C)(=O)=O. The summed E-state index contributed by atoms with van der Waals surface area (Å²) in [4.78, 5) is 4.56. The van der Waals surface area contributed by atoms with E-state index >= 15 is 0 Å². The van der Waals surface area contributed by atoms with Crippen LogP contribution in [0.1, 0.15) is 20.3 Å². The fourth-order valence-corrected chi connectivity index (χ4v) is 3.96. The lowest BCUT2D eigenvalue weighted by molar-refractivity contribution is 0.580. The molecule has 1 rings (SSSR count). The summed E-state index contributed by atoms with van der Waals surface area (Å²) in [5.41, 5.74) is 0. The first-order valence-electron chi connectivity index (χ1n) is 8.14. The van der Waals surface area contributed by atoms with Crippen molar-refractivity contribution in [2.45, 2.75) is 31.2 Å². The maximum atomic E-state index is 12.2. The number of nitrogens with zero attached hydrogens (tertiary/aromatic N) is 1. The molecule has 0 spiro atoms. The summed E-state index contributed by atoms with van der Waals surface area (Å²) in [7, 11) is -6.38. The van der Waals surface area contributed by atoms with Crippen LogP contribution in [0.2, 0.25) is 0 Å². The maximum Gasteiger partial charge on any atom is 0.191 e. The Bertz CT molecular complexity index is 760. The van der Waals surface area contributed by atoms with Crippen LogP contribution in [-0.2, 0) is 19.7 Å². The fourth-order valence-electron chi connectivity index (χ4n) is 2.04. The Balaban J connectivity index is 2.63. The molecule has 0 aliphatic rings. The Hall–Kier alpha value is -1.61. The van der Waals surface area contributed by atoms with Crippen molar-refractivity contribution in [1.29, 1.82) is 0 Å². The molecule has 0 saturated carbocycles. The van der Waals surface area contributed by atoms with Crippen LogP contribution in [0.25, 0.3) is 0 Å². The van der Waals surface area contributed by atoms with Crippen molar-refractivity contribution in [2.75, 3.05) is 30.9 Å². The molecule has 1 aromatic rings. The first-order chi connectivity index (χ1) is 11.6. The lowest BCUT2D eigenvalue weighted by Gasteiger charge is -2.17. The van der Waals surface area contributed by atoms with Crippen LogP contribution in [-0.4, -0.2) is 59.7 Å². The van der Waals surface area contributed by atoms with Gasteiger partial charge in [0.05, 0.1) is 22.9 Å². The van der Waals surface area contributed by atoms with Gasteiger partial charge in [0.15, 0.2) is 15.8 Å². The highest BCUT2D eigenvalue weighted by Crippen LogP contribution is 2.09. The zero-order chi connectivity index (χ0) is 18.9. The van der Waals surface area contributed by atoms with E-state index in [-0.39, 0.29) is 29.0 Å². The van der Waals surface area contributed by atoms with Crippen LogP contribution < -0.4 is 10.6 Å². The molecular weight excluding hydrogens is 362 g/mol. The minimum Gasteiger partial charge on any atom is -0.357 e. The molecular formula is C16H27N3O4S2. The van der Waals surface area contributed by atoms with Gasteiger partial charge < -0.3 is 10.6 Å². The zero-order valence-electron chi connectivity index (χ0n) is 14.9. The van der Waals surface area contributed by atoms with E-state index in [1.165, 1.54) is 6.26 Å². The number of benzene rings is 1. The number of sulfone groups is 2. The van der Waals surface area contributed by atoms with Gasteiger partial charge in [-0.3, -0.25) is 4.99 Å². The van der Waals surface area contributed by atoms with Crippen molar-refractivity contribution in [3.8, 4) is 0 Å². The van der Waals surface area contributed by atoms with Crippen molar-refractivity contribution in [1.82, 2.24) is 10.6 Å². The summed E-state index contributed by atoms with van der Waals surface area (Å²) >= 11 is 0. The van der Waals surface area contributed by atoms with Crippen LogP contribution in [0.15, 0.2) is 40.2 Å². The van der Waals surface area contributed by atoms with Gasteiger partial charge in [0.1, 0.15) is 9.84 Å². The summed E-state index contributed by atoms with van der Waals surface area (Å²) in [6.45, 7) is 4.50. The highest BCUT2D eigenvalue weighted by Gasteiger charge is 2.14. The Kier molecular flexibility index (Phi) is 8.37. The Labute approximate surface area is 150 Å². The molecule has 0 aliphatic heterocycles. The van der Waals surface area contributed by atoms with E-state index in [9.17, 15) is 16.8 Å². The van der Waals surface area contributed by atoms with Crippen molar-refractivity contribution in [3.05, 3.63) is 30.3 Å². The van der Waals surface area contributed by atoms with Gasteiger partial charge in [-0.2, -0.15) is 0 Å². The second-order valence-corrected chi connectivity index (χ2v) is 10.2. The molecule has 1 unspecified atom stereocenters. The fraction of sp³-hybridized carbons (Fsp3) is 0.562. The molecule has 0 amide bonds. The number of rotatable bonds is 9. The third-order valence-electron chi connectivity index (χ3n) is 3.38. The molecule has 9 heteroatoms. The monoisotopic (exact) mass is 389 g/mol. The van der Waals surface area contributed by atoms with Gasteiger partial charge >= 0.3 is 0 Å². The quantitative estimate of drug-likeness (QED) is 0.479. The molecule has 0 radical (unpaired) electrons. The normalized spacial score (nSPS) is 14.1. The molecule has 0 saturated heterocycles. The van der Waals surface area contributed by atoms with Crippen LogP contribution in [0, 0.1) is 0 Å². The minimum atomic E-state index is -3.37. The van der Waals surface area contributed by atoms with E-state index in [2.05, 4.69) is 15.6 Å². The molecule has 0 heterocycles. The number of nitrogens with one attached hydrogen (secondary N) is 2. The predicted octanol–water partition coefficient (Wildman–Crippen LogP) is 0.839. The van der Waals surface area contributed by atoms with Gasteiger partial charge in [-0.05, 0) is 32.4 Å². The van der Waals surface area contributed by atoms with Crippen molar-refractivity contribution < 1.29 is 16.8 Å². The molecule has 1 atom stereocenters. The Morgan fingerprint density at radius 1 is 1.12 bits per heavy atom. The first-order valence-corrected chi connectivity index (χ1v) is 11.9. The van der Waals surface area contributed by atoms with Gasteiger partial charge in [-0.1, -0.05) is 18.2 Å². The summed E-state index contributed by atoms with van der Waals surface area (Å²) in [6, 6.07) is 8.17. The summed E-state index contributed by atoms with van der Waals surface area (Å²) in [5.74, 6) is 0.473. The molecule has 0 bridgehead atoms. The lowest BCUT2D eigenvalue weighted by atomic mass is 10.3. The molecule has 142 valence electrons. The van der Waals surface area contributed by atoms with Crippen LogP contribution in [0.5, 0.6) is 0 Å². The largest absolute Gasteiger partial charge is 0.357 e. The van der Waals surface area contributed by atoms with Gasteiger partial charge in [0.25, 0.3) is 0 Å². The summed E-state index contributed by atoms with van der Waals surface area (Å²) < 4.78 is 46.9. The highest BCUT2D eigenvalue weighted by atomic mass is 32.2. The van der Waals surface area contributed by atoms with E-state index in [0.29, 0.717) is 18.9 Å². The molecule has 0 aliphatic carbocycles. The molecule has 1 aromatic carbocycles. The second-order valence-electron chi connectivity index (χ2n) is 5.86. The smallest absolute Gasteiger partial charge is 0.191 e. The van der Waals surface area contributed by atoms with Crippen LogP contribution in [0.3, 0.4) is 0 Å². The first kappa shape index (κ1) is 21.4. The van der Waals surface area contributed by atoms with Gasteiger partial charge in [-0.25, -0.2) is 16.8 Å². The van der Waals surface area contributed by atoms with Crippen LogP contribution in [0.4, 0.5) is 0 Å². The summed E-state index contributed by atoms with van der Waals surface area (Å²) in [6.07, 6.45) is 1.65. The summed E-state index contributed by atoms with van der Waals surface area (Å²) in [5, 5.41) is 6.13. The zero-order valence-corrected chi connectivity index (χ0v) is 16.5. The maximum absolute atomic E-state index is 12.2. The Morgan fingerprint density at radius 2 is 1.76 bits per heavy atom. The number of hydrogen-bond acceptors (Lipinski definition) is 5. The average molecular weight is 390 g/mol. The molecule has 0 aromatic heterocycles. The standard InChI is InChI=1S/C16H27N3O4S2/c1-4-17-16(19-14(2)10-12-24(3,20)21)18-11-13-25(22,23)15-8-6-5-7-9-15/h5-9,14H,4,10-13H2,1-3H3,(H2,17,18,19). The molecule has 2 N–H and O–H groups in total. The van der Waals surface area contributed by atoms with E-state index in [1.54, 1.807) is 30.3 Å². The van der Waals surface area contributed by atoms with E-state index in [4.69, 9.17) is 0 Å². The molecule has 0 fully saturated rings. The van der Waals surface area contributed by atoms with Gasteiger partial charge in [0.2, 0.25) is 0 Å². The second kappa shape index (κ2) is 9.76. The highest BCUT2D eigenvalue weighted by molar-refractivity contribution is 7.91. The third-order valence-corrected chi connectivity index (χ3v) is 6.07. The van der Waals surface area contributed by atoms with Crippen molar-refractivity contribution >= 4 is 25.6 Å². The van der Waals surface area contributed by atoms with E-state index in [0.717, 1.165) is 0 Å². The molecule has 25 heavy (non-hydrogen) atoms. The van der Waals surface area contributed by atoms with Crippen molar-refractivity contribution in [2.24, 2.45) is 4.99 Å². The van der Waals surface area contributed by atoms with E-state index < -0.39 is 19.7 Å². The molecule has 7 nitrogen and oxygen atoms in total. The van der Waals surface area contributed by atoms with Crippen molar-refractivity contribution in [3.63, 3.8) is 0 Å². The van der Waals surface area contributed by atoms with Crippen LogP contribution >= 0.6 is 0 Å². The number of hydrogen-bond donors (Lipinski definition) is 2. The predicted molar refractivity (Wildman–Crippen MR) is 101 cm³/mol. The number of guanidine groups is 1. The topological polar surface area (TPSA) is 105 Å². The van der Waals surface area contributed by atoms with Gasteiger partial charge in [-0.15, -0.1) is 0 Å². The Morgan fingerprint density at radius 3 is 2.32 bits per heavy atom. The average Bonchev–Trinajstić information content (AvgIpc) is 2.53. The van der Waals surface area contributed by atoms with E-state index in [1.807, 2.05) is 13.8 Å². The van der Waals surface area contributed by atoms with Gasteiger partial charge in [0, 0.05) is 18.8 Å². The lowest BCUT2D eigenvalue weighted by Crippen LogP contribution is -2.43. The third kappa shape index (κ3) is 8.87. The number of aliphatic imine (C=N–C) groups is 1.